The maximum Gasteiger partial charge on any atom is 0.250 e. The number of hydrazone groups is 1. The Morgan fingerprint density at radius 2 is 1.69 bits per heavy atom. The monoisotopic (exact) mass is 424 g/mol. The zero-order chi connectivity index (χ0) is 20.3. The van der Waals surface area contributed by atoms with E-state index in [4.69, 9.17) is 16.3 Å². The first-order valence-electron chi connectivity index (χ1n) is 9.10. The molecule has 0 fully saturated rings. The van der Waals surface area contributed by atoms with E-state index in [1.54, 1.807) is 18.0 Å². The average Bonchev–Trinajstić information content (AvgIpc) is 2.75. The number of nitrogens with zero attached hydrogens (tertiary/aromatic N) is 1. The maximum absolute atomic E-state index is 11.8. The molecule has 1 N–H and O–H groups in total. The molecule has 29 heavy (non-hydrogen) atoms. The number of carbonyl (C=O) groups is 1. The number of rotatable bonds is 9. The molecule has 3 aromatic rings. The summed E-state index contributed by atoms with van der Waals surface area (Å²) >= 11 is 7.43. The van der Waals surface area contributed by atoms with Crippen LogP contribution in [0.2, 0.25) is 5.02 Å². The fourth-order valence-corrected chi connectivity index (χ4v) is 3.35. The van der Waals surface area contributed by atoms with Crippen LogP contribution in [0.4, 0.5) is 0 Å². The van der Waals surface area contributed by atoms with E-state index >= 15 is 0 Å². The molecule has 0 aromatic heterocycles. The van der Waals surface area contributed by atoms with Gasteiger partial charge in [0.2, 0.25) is 5.91 Å². The minimum absolute atomic E-state index is 0.120. The molecule has 0 radical (unpaired) electrons. The van der Waals surface area contributed by atoms with Crippen LogP contribution in [0.25, 0.3) is 0 Å². The topological polar surface area (TPSA) is 50.7 Å². The lowest BCUT2D eigenvalue weighted by Crippen LogP contribution is -2.19. The van der Waals surface area contributed by atoms with E-state index in [1.165, 1.54) is 5.56 Å². The molecular weight excluding hydrogens is 404 g/mol. The predicted octanol–water partition coefficient (Wildman–Crippen LogP) is 5.30. The third kappa shape index (κ3) is 7.64. The van der Waals surface area contributed by atoms with E-state index in [1.807, 2.05) is 78.9 Å². The summed E-state index contributed by atoms with van der Waals surface area (Å²) in [5.41, 5.74) is 5.68. The second-order valence-electron chi connectivity index (χ2n) is 6.26. The molecule has 0 spiro atoms. The molecule has 0 unspecified atom stereocenters. The van der Waals surface area contributed by atoms with Gasteiger partial charge in [-0.05, 0) is 53.1 Å². The van der Waals surface area contributed by atoms with Crippen LogP contribution in [0, 0.1) is 0 Å². The van der Waals surface area contributed by atoms with Gasteiger partial charge in [-0.1, -0.05) is 54.1 Å². The Hall–Kier alpha value is -2.76. The molecule has 148 valence electrons. The summed E-state index contributed by atoms with van der Waals surface area (Å²) in [5, 5.41) is 4.72. The van der Waals surface area contributed by atoms with Crippen LogP contribution in [-0.4, -0.2) is 17.9 Å². The van der Waals surface area contributed by atoms with Crippen molar-refractivity contribution in [2.75, 3.05) is 5.75 Å². The summed E-state index contributed by atoms with van der Waals surface area (Å²) < 4.78 is 5.75. The highest BCUT2D eigenvalue weighted by Gasteiger charge is 2.01. The van der Waals surface area contributed by atoms with Gasteiger partial charge in [0.05, 0.1) is 12.0 Å². The van der Waals surface area contributed by atoms with Gasteiger partial charge in [-0.3, -0.25) is 4.79 Å². The molecule has 1 amide bonds. The lowest BCUT2D eigenvalue weighted by molar-refractivity contribution is -0.118. The van der Waals surface area contributed by atoms with E-state index in [-0.39, 0.29) is 5.91 Å². The summed E-state index contributed by atoms with van der Waals surface area (Å²) in [7, 11) is 0. The van der Waals surface area contributed by atoms with Gasteiger partial charge in [-0.2, -0.15) is 5.10 Å². The van der Waals surface area contributed by atoms with Gasteiger partial charge in [0.1, 0.15) is 12.4 Å². The molecular formula is C23H21ClN2O2S. The van der Waals surface area contributed by atoms with Gasteiger partial charge >= 0.3 is 0 Å². The summed E-state index contributed by atoms with van der Waals surface area (Å²) in [6.07, 6.45) is 1.61. The Balaban J connectivity index is 1.37. The third-order valence-electron chi connectivity index (χ3n) is 3.95. The van der Waals surface area contributed by atoms with Crippen molar-refractivity contribution >= 4 is 35.5 Å². The Labute approximate surface area is 179 Å². The van der Waals surface area contributed by atoms with Crippen molar-refractivity contribution in [1.82, 2.24) is 5.43 Å². The number of ether oxygens (including phenoxy) is 1. The number of hydrogen-bond acceptors (Lipinski definition) is 4. The van der Waals surface area contributed by atoms with E-state index in [0.29, 0.717) is 17.4 Å². The van der Waals surface area contributed by atoms with Crippen LogP contribution in [0.1, 0.15) is 16.7 Å². The van der Waals surface area contributed by atoms with Crippen molar-refractivity contribution in [2.24, 2.45) is 5.10 Å². The summed E-state index contributed by atoms with van der Waals surface area (Å²) in [4.78, 5) is 11.8. The minimum Gasteiger partial charge on any atom is -0.489 e. The smallest absolute Gasteiger partial charge is 0.250 e. The molecule has 0 bridgehead atoms. The number of hydrogen-bond donors (Lipinski definition) is 1. The second-order valence-corrected chi connectivity index (χ2v) is 7.68. The number of thioether (sulfide) groups is 1. The molecule has 4 nitrogen and oxygen atoms in total. The van der Waals surface area contributed by atoms with Gasteiger partial charge in [0.15, 0.2) is 0 Å². The molecule has 3 aromatic carbocycles. The van der Waals surface area contributed by atoms with Crippen LogP contribution in [0.15, 0.2) is 84.0 Å². The van der Waals surface area contributed by atoms with Crippen molar-refractivity contribution in [2.45, 2.75) is 12.4 Å². The first kappa shape index (κ1) is 21.0. The van der Waals surface area contributed by atoms with Crippen molar-refractivity contribution in [3.8, 4) is 5.75 Å². The fourth-order valence-electron chi connectivity index (χ4n) is 2.44. The normalized spacial score (nSPS) is 10.8. The van der Waals surface area contributed by atoms with Gasteiger partial charge in [0, 0.05) is 10.8 Å². The molecule has 0 heterocycles. The molecule has 6 heteroatoms. The Morgan fingerprint density at radius 1 is 0.966 bits per heavy atom. The third-order valence-corrected chi connectivity index (χ3v) is 5.20. The van der Waals surface area contributed by atoms with Gasteiger partial charge in [0.25, 0.3) is 0 Å². The zero-order valence-electron chi connectivity index (χ0n) is 15.8. The highest BCUT2D eigenvalue weighted by atomic mass is 35.5. The van der Waals surface area contributed by atoms with Crippen LogP contribution in [-0.2, 0) is 17.2 Å². The molecule has 0 aliphatic carbocycles. The zero-order valence-corrected chi connectivity index (χ0v) is 17.3. The number of amides is 1. The molecule has 0 aliphatic heterocycles. The van der Waals surface area contributed by atoms with Crippen LogP contribution >= 0.6 is 23.4 Å². The van der Waals surface area contributed by atoms with Gasteiger partial charge < -0.3 is 4.74 Å². The highest BCUT2D eigenvalue weighted by Crippen LogP contribution is 2.15. The molecule has 3 rings (SSSR count). The van der Waals surface area contributed by atoms with Gasteiger partial charge in [-0.15, -0.1) is 11.8 Å². The Morgan fingerprint density at radius 3 is 2.41 bits per heavy atom. The number of carbonyl (C=O) groups excluding carboxylic acids is 1. The molecule has 0 aliphatic rings. The second kappa shape index (κ2) is 11.3. The van der Waals surface area contributed by atoms with E-state index in [2.05, 4.69) is 10.5 Å². The first-order valence-corrected chi connectivity index (χ1v) is 10.6. The molecule has 0 saturated carbocycles. The SMILES string of the molecule is O=C(CSCc1ccccc1)N/N=C\c1ccc(OCc2ccc(Cl)cc2)cc1. The maximum atomic E-state index is 11.8. The number of halogens is 1. The first-order chi connectivity index (χ1) is 14.2. The standard InChI is InChI=1S/C23H21ClN2O2S/c24-21-10-6-19(7-11-21)15-28-22-12-8-18(9-13-22)14-25-26-23(27)17-29-16-20-4-2-1-3-5-20/h1-14H,15-17H2,(H,26,27)/b25-14-. The summed E-state index contributed by atoms with van der Waals surface area (Å²) in [6, 6.07) is 25.1. The van der Waals surface area contributed by atoms with Gasteiger partial charge in [-0.25, -0.2) is 5.43 Å². The lowest BCUT2D eigenvalue weighted by atomic mass is 10.2. The summed E-state index contributed by atoms with van der Waals surface area (Å²) in [5.74, 6) is 1.81. The Bertz CT molecular complexity index is 929. The van der Waals surface area contributed by atoms with E-state index in [9.17, 15) is 4.79 Å². The van der Waals surface area contributed by atoms with Crippen LogP contribution < -0.4 is 10.2 Å². The fraction of sp³-hybridized carbons (Fsp3) is 0.130. The van der Waals surface area contributed by atoms with E-state index < -0.39 is 0 Å². The largest absolute Gasteiger partial charge is 0.489 e. The molecule has 0 atom stereocenters. The Kier molecular flexibility index (Phi) is 8.16. The number of nitrogens with one attached hydrogen (secondary N) is 1. The average molecular weight is 425 g/mol. The predicted molar refractivity (Wildman–Crippen MR) is 121 cm³/mol. The van der Waals surface area contributed by atoms with Crippen LogP contribution in [0.3, 0.4) is 0 Å². The van der Waals surface area contributed by atoms with Crippen LogP contribution in [0.5, 0.6) is 5.75 Å². The van der Waals surface area contributed by atoms with Crippen molar-refractivity contribution in [3.05, 3.63) is 101 Å². The molecule has 0 saturated heterocycles. The lowest BCUT2D eigenvalue weighted by Gasteiger charge is -2.06. The minimum atomic E-state index is -0.120. The van der Waals surface area contributed by atoms with E-state index in [0.717, 1.165) is 22.6 Å². The van der Waals surface area contributed by atoms with Crippen molar-refractivity contribution in [1.29, 1.82) is 0 Å². The highest BCUT2D eigenvalue weighted by molar-refractivity contribution is 7.99. The van der Waals surface area contributed by atoms with Crippen molar-refractivity contribution < 1.29 is 9.53 Å². The summed E-state index contributed by atoms with van der Waals surface area (Å²) in [6.45, 7) is 0.474. The van der Waals surface area contributed by atoms with Crippen molar-refractivity contribution in [3.63, 3.8) is 0 Å². The number of benzene rings is 3. The quantitative estimate of drug-likeness (QED) is 0.374.